The van der Waals surface area contributed by atoms with Gasteiger partial charge in [0.15, 0.2) is 0 Å². The number of methoxy groups -OCH3 is 1. The molecule has 0 saturated carbocycles. The van der Waals surface area contributed by atoms with Crippen LogP contribution in [0.15, 0.2) is 23.1 Å². The molecule has 2 N–H and O–H groups in total. The Labute approximate surface area is 144 Å². The SMILES string of the molecule is COC1CCN(S(=O)(=O)c2ccc(C(F)(F)F)c(C#N)c2)C(CN)C1. The summed E-state index contributed by atoms with van der Waals surface area (Å²) in [6.07, 6.45) is -4.00. The average Bonchev–Trinajstić information content (AvgIpc) is 2.59. The number of rotatable bonds is 4. The van der Waals surface area contributed by atoms with Crippen molar-refractivity contribution in [3.05, 3.63) is 29.3 Å². The third-order valence-corrected chi connectivity index (χ3v) is 6.19. The van der Waals surface area contributed by atoms with Crippen molar-refractivity contribution < 1.29 is 26.3 Å². The van der Waals surface area contributed by atoms with Crippen LogP contribution < -0.4 is 5.73 Å². The standard InChI is InChI=1S/C15H18F3N3O3S/c1-24-12-4-5-21(11(7-12)9-20)25(22,23)13-2-3-14(15(16,17)18)10(6-13)8-19/h2-3,6,11-12H,4-5,7,9,20H2,1H3. The van der Waals surface area contributed by atoms with Gasteiger partial charge in [0.2, 0.25) is 10.0 Å². The molecule has 138 valence electrons. The number of hydrogen-bond donors (Lipinski definition) is 1. The second-order valence-electron chi connectivity index (χ2n) is 5.70. The van der Waals surface area contributed by atoms with Crippen molar-refractivity contribution in [2.24, 2.45) is 5.73 Å². The molecule has 2 atom stereocenters. The van der Waals surface area contributed by atoms with Gasteiger partial charge in [-0.2, -0.15) is 22.7 Å². The number of benzene rings is 1. The van der Waals surface area contributed by atoms with Crippen LogP contribution in [0.1, 0.15) is 24.0 Å². The molecular formula is C15H18F3N3O3S. The molecule has 0 spiro atoms. The molecule has 0 bridgehead atoms. The van der Waals surface area contributed by atoms with Crippen molar-refractivity contribution in [3.8, 4) is 6.07 Å². The number of nitriles is 1. The topological polar surface area (TPSA) is 96.4 Å². The molecule has 0 aliphatic carbocycles. The molecule has 25 heavy (non-hydrogen) atoms. The van der Waals surface area contributed by atoms with Crippen LogP contribution >= 0.6 is 0 Å². The Morgan fingerprint density at radius 1 is 1.44 bits per heavy atom. The molecule has 1 aromatic rings. The molecule has 1 aliphatic rings. The largest absolute Gasteiger partial charge is 0.417 e. The quantitative estimate of drug-likeness (QED) is 0.862. The Balaban J connectivity index is 2.41. The van der Waals surface area contributed by atoms with Gasteiger partial charge in [-0.15, -0.1) is 0 Å². The first-order valence-electron chi connectivity index (χ1n) is 7.51. The van der Waals surface area contributed by atoms with Crippen LogP contribution in [0.5, 0.6) is 0 Å². The van der Waals surface area contributed by atoms with E-state index in [2.05, 4.69) is 0 Å². The molecule has 6 nitrogen and oxygen atoms in total. The molecule has 1 heterocycles. The van der Waals surface area contributed by atoms with Crippen LogP contribution in [-0.4, -0.2) is 45.1 Å². The lowest BCUT2D eigenvalue weighted by molar-refractivity contribution is -0.137. The van der Waals surface area contributed by atoms with E-state index in [1.165, 1.54) is 17.5 Å². The molecule has 1 aromatic carbocycles. The summed E-state index contributed by atoms with van der Waals surface area (Å²) in [6, 6.07) is 3.14. The lowest BCUT2D eigenvalue weighted by atomic mass is 10.0. The second-order valence-corrected chi connectivity index (χ2v) is 7.59. The van der Waals surface area contributed by atoms with Crippen LogP contribution in [0.2, 0.25) is 0 Å². The summed E-state index contributed by atoms with van der Waals surface area (Å²) in [6.45, 7) is 0.205. The average molecular weight is 377 g/mol. The molecule has 2 rings (SSSR count). The van der Waals surface area contributed by atoms with E-state index in [9.17, 15) is 21.6 Å². The van der Waals surface area contributed by atoms with E-state index in [-0.39, 0.29) is 24.1 Å². The monoisotopic (exact) mass is 377 g/mol. The fourth-order valence-corrected chi connectivity index (χ4v) is 4.58. The summed E-state index contributed by atoms with van der Waals surface area (Å²) in [5.74, 6) is 0. The van der Waals surface area contributed by atoms with Crippen molar-refractivity contribution in [3.63, 3.8) is 0 Å². The number of sulfonamides is 1. The Hall–Kier alpha value is -1.67. The first kappa shape index (κ1) is 19.7. The molecule has 1 fully saturated rings. The van der Waals surface area contributed by atoms with E-state index < -0.39 is 33.4 Å². The normalized spacial score (nSPS) is 22.6. The molecule has 1 saturated heterocycles. The summed E-state index contributed by atoms with van der Waals surface area (Å²) in [4.78, 5) is -0.355. The van der Waals surface area contributed by atoms with E-state index >= 15 is 0 Å². The van der Waals surface area contributed by atoms with E-state index in [1.54, 1.807) is 0 Å². The van der Waals surface area contributed by atoms with Crippen molar-refractivity contribution in [2.75, 3.05) is 20.2 Å². The van der Waals surface area contributed by atoms with Crippen molar-refractivity contribution >= 4 is 10.0 Å². The van der Waals surface area contributed by atoms with Gasteiger partial charge in [0.25, 0.3) is 0 Å². The van der Waals surface area contributed by atoms with Crippen molar-refractivity contribution in [1.82, 2.24) is 4.31 Å². The summed E-state index contributed by atoms with van der Waals surface area (Å²) >= 11 is 0. The maximum Gasteiger partial charge on any atom is 0.417 e. The first-order chi connectivity index (χ1) is 11.6. The summed E-state index contributed by atoms with van der Waals surface area (Å²) in [7, 11) is -2.55. The zero-order valence-electron chi connectivity index (χ0n) is 13.5. The van der Waals surface area contributed by atoms with Gasteiger partial charge in [-0.1, -0.05) is 0 Å². The van der Waals surface area contributed by atoms with Gasteiger partial charge in [-0.25, -0.2) is 8.42 Å². The fourth-order valence-electron chi connectivity index (χ4n) is 2.90. The first-order valence-corrected chi connectivity index (χ1v) is 8.95. The number of nitrogens with zero attached hydrogens (tertiary/aromatic N) is 2. The summed E-state index contributed by atoms with van der Waals surface area (Å²) in [5.41, 5.74) is 3.76. The molecule has 10 heteroatoms. The molecule has 1 aliphatic heterocycles. The van der Waals surface area contributed by atoms with Gasteiger partial charge in [0.05, 0.1) is 28.2 Å². The number of hydrogen-bond acceptors (Lipinski definition) is 5. The zero-order valence-corrected chi connectivity index (χ0v) is 14.3. The highest BCUT2D eigenvalue weighted by molar-refractivity contribution is 7.89. The molecule has 2 unspecified atom stereocenters. The highest BCUT2D eigenvalue weighted by Crippen LogP contribution is 2.34. The van der Waals surface area contributed by atoms with Crippen LogP contribution in [0.3, 0.4) is 0 Å². The van der Waals surface area contributed by atoms with Crippen LogP contribution in [0.4, 0.5) is 13.2 Å². The Bertz CT molecular complexity index is 774. The van der Waals surface area contributed by atoms with Crippen LogP contribution in [0, 0.1) is 11.3 Å². The molecule has 0 radical (unpaired) electrons. The molecular weight excluding hydrogens is 359 g/mol. The number of alkyl halides is 3. The van der Waals surface area contributed by atoms with Gasteiger partial charge < -0.3 is 10.5 Å². The molecule has 0 amide bonds. The van der Waals surface area contributed by atoms with Gasteiger partial charge >= 0.3 is 6.18 Å². The minimum absolute atomic E-state index is 0.0603. The van der Waals surface area contributed by atoms with Gasteiger partial charge in [0, 0.05) is 26.2 Å². The minimum atomic E-state index is -4.73. The Kier molecular flexibility index (Phi) is 5.73. The van der Waals surface area contributed by atoms with Crippen LogP contribution in [-0.2, 0) is 20.9 Å². The van der Waals surface area contributed by atoms with E-state index in [1.807, 2.05) is 0 Å². The van der Waals surface area contributed by atoms with E-state index in [0.717, 1.165) is 12.1 Å². The lowest BCUT2D eigenvalue weighted by Gasteiger charge is -2.37. The predicted octanol–water partition coefficient (Wildman–Crippen LogP) is 1.70. The highest BCUT2D eigenvalue weighted by atomic mass is 32.2. The molecule has 0 aromatic heterocycles. The maximum absolute atomic E-state index is 12.9. The van der Waals surface area contributed by atoms with Gasteiger partial charge in [0.1, 0.15) is 0 Å². The lowest BCUT2D eigenvalue weighted by Crippen LogP contribution is -2.51. The number of halogens is 3. The third-order valence-electron chi connectivity index (χ3n) is 4.24. The van der Waals surface area contributed by atoms with Gasteiger partial charge in [-0.3, -0.25) is 0 Å². The summed E-state index contributed by atoms with van der Waals surface area (Å²) < 4.78 is 70.7. The maximum atomic E-state index is 12.9. The Morgan fingerprint density at radius 3 is 2.64 bits per heavy atom. The van der Waals surface area contributed by atoms with E-state index in [0.29, 0.717) is 18.9 Å². The number of ether oxygens (including phenoxy) is 1. The van der Waals surface area contributed by atoms with Crippen LogP contribution in [0.25, 0.3) is 0 Å². The number of nitrogens with two attached hydrogens (primary N) is 1. The summed E-state index contributed by atoms with van der Waals surface area (Å²) in [5, 5.41) is 8.95. The Morgan fingerprint density at radius 2 is 2.12 bits per heavy atom. The third kappa shape index (κ3) is 3.95. The second kappa shape index (κ2) is 7.29. The minimum Gasteiger partial charge on any atom is -0.381 e. The smallest absolute Gasteiger partial charge is 0.381 e. The van der Waals surface area contributed by atoms with Crippen molar-refractivity contribution in [1.29, 1.82) is 5.26 Å². The predicted molar refractivity (Wildman–Crippen MR) is 82.9 cm³/mol. The zero-order chi connectivity index (χ0) is 18.8. The van der Waals surface area contributed by atoms with Crippen molar-refractivity contribution in [2.45, 2.75) is 36.1 Å². The number of piperidine rings is 1. The highest BCUT2D eigenvalue weighted by Gasteiger charge is 2.38. The fraction of sp³-hybridized carbons (Fsp3) is 0.533. The van der Waals surface area contributed by atoms with Gasteiger partial charge in [-0.05, 0) is 31.0 Å². The van der Waals surface area contributed by atoms with E-state index in [4.69, 9.17) is 15.7 Å².